The van der Waals surface area contributed by atoms with Crippen LogP contribution in [0, 0.1) is 0 Å². The molecule has 3 N–H and O–H groups in total. The summed E-state index contributed by atoms with van der Waals surface area (Å²) in [4.78, 5) is 16.0. The summed E-state index contributed by atoms with van der Waals surface area (Å²) in [6, 6.07) is 14.8. The van der Waals surface area contributed by atoms with Crippen molar-refractivity contribution in [1.29, 1.82) is 0 Å². The number of aliphatic hydroxyl groups is 1. The summed E-state index contributed by atoms with van der Waals surface area (Å²) in [5, 5.41) is 14.7. The number of benzene rings is 2. The van der Waals surface area contributed by atoms with Crippen LogP contribution in [0.25, 0.3) is 10.9 Å². The third-order valence-electron chi connectivity index (χ3n) is 5.59. The van der Waals surface area contributed by atoms with Crippen molar-refractivity contribution in [2.24, 2.45) is 0 Å². The molecule has 33 heavy (non-hydrogen) atoms. The molecule has 8 heteroatoms. The van der Waals surface area contributed by atoms with Gasteiger partial charge in [0.25, 0.3) is 0 Å². The smallest absolute Gasteiger partial charge is 0.354 e. The average molecular weight is 455 g/mol. The maximum absolute atomic E-state index is 12.8. The Labute approximate surface area is 192 Å². The minimum atomic E-state index is -1.26. The van der Waals surface area contributed by atoms with Crippen molar-refractivity contribution in [3.05, 3.63) is 54.7 Å². The number of aromatic nitrogens is 1. The van der Waals surface area contributed by atoms with Gasteiger partial charge in [-0.3, -0.25) is 0 Å². The number of ether oxygens (including phenoxy) is 4. The minimum Gasteiger partial charge on any atom is -0.490 e. The molecule has 2 heterocycles. The predicted molar refractivity (Wildman–Crippen MR) is 124 cm³/mol. The number of carbonyl (C=O) groups excluding carboxylic acids is 1. The van der Waals surface area contributed by atoms with Crippen molar-refractivity contribution in [2.75, 3.05) is 26.4 Å². The lowest BCUT2D eigenvalue weighted by Gasteiger charge is -2.37. The van der Waals surface area contributed by atoms with E-state index in [0.29, 0.717) is 30.2 Å². The summed E-state index contributed by atoms with van der Waals surface area (Å²) < 4.78 is 23.1. The van der Waals surface area contributed by atoms with Crippen LogP contribution in [0.1, 0.15) is 20.3 Å². The van der Waals surface area contributed by atoms with Crippen molar-refractivity contribution in [3.8, 4) is 17.2 Å². The summed E-state index contributed by atoms with van der Waals surface area (Å²) in [6.07, 6.45) is 1.44. The van der Waals surface area contributed by atoms with Crippen LogP contribution in [-0.4, -0.2) is 60.2 Å². The molecular formula is C25H30N2O6. The number of rotatable bonds is 10. The predicted octanol–water partition coefficient (Wildman–Crippen LogP) is 3.05. The maximum Gasteiger partial charge on any atom is 0.354 e. The van der Waals surface area contributed by atoms with E-state index in [0.717, 1.165) is 10.9 Å². The molecule has 3 atom stereocenters. The Morgan fingerprint density at radius 3 is 2.85 bits per heavy atom. The second-order valence-corrected chi connectivity index (χ2v) is 8.23. The number of hydrogen-bond donors (Lipinski definition) is 3. The highest BCUT2D eigenvalue weighted by Gasteiger charge is 2.47. The molecule has 0 aliphatic carbocycles. The van der Waals surface area contributed by atoms with Crippen LogP contribution in [0.2, 0.25) is 0 Å². The zero-order valence-electron chi connectivity index (χ0n) is 18.9. The first-order valence-corrected chi connectivity index (χ1v) is 11.2. The molecule has 0 unspecified atom stereocenters. The van der Waals surface area contributed by atoms with Gasteiger partial charge < -0.3 is 34.4 Å². The lowest BCUT2D eigenvalue weighted by molar-refractivity contribution is -0.168. The number of aliphatic hydroxyl groups excluding tert-OH is 1. The molecule has 1 aliphatic heterocycles. The molecule has 8 nitrogen and oxygen atoms in total. The first-order chi connectivity index (χ1) is 16.0. The highest BCUT2D eigenvalue weighted by Crippen LogP contribution is 2.37. The van der Waals surface area contributed by atoms with E-state index >= 15 is 0 Å². The Balaban J connectivity index is 1.33. The van der Waals surface area contributed by atoms with Gasteiger partial charge in [0, 0.05) is 36.1 Å². The minimum absolute atomic E-state index is 0.0567. The zero-order valence-corrected chi connectivity index (χ0v) is 18.9. The van der Waals surface area contributed by atoms with E-state index in [-0.39, 0.29) is 25.9 Å². The van der Waals surface area contributed by atoms with Crippen molar-refractivity contribution in [3.63, 3.8) is 0 Å². The molecule has 0 fully saturated rings. The number of H-pyrrole nitrogens is 1. The van der Waals surface area contributed by atoms with Crippen molar-refractivity contribution >= 4 is 16.9 Å². The van der Waals surface area contributed by atoms with Gasteiger partial charge in [-0.2, -0.15) is 0 Å². The number of carbonyl (C=O) groups is 1. The molecule has 0 spiro atoms. The van der Waals surface area contributed by atoms with Gasteiger partial charge in [-0.15, -0.1) is 0 Å². The van der Waals surface area contributed by atoms with E-state index in [1.165, 1.54) is 0 Å². The fourth-order valence-electron chi connectivity index (χ4n) is 3.97. The van der Waals surface area contributed by atoms with E-state index in [1.807, 2.05) is 49.5 Å². The highest BCUT2D eigenvalue weighted by atomic mass is 16.6. The van der Waals surface area contributed by atoms with Gasteiger partial charge in [0.15, 0.2) is 11.5 Å². The Bertz CT molecular complexity index is 1080. The van der Waals surface area contributed by atoms with Gasteiger partial charge in [-0.05, 0) is 44.2 Å². The summed E-state index contributed by atoms with van der Waals surface area (Å²) >= 11 is 0. The van der Waals surface area contributed by atoms with Gasteiger partial charge in [0.05, 0.1) is 6.61 Å². The van der Waals surface area contributed by atoms with Crippen LogP contribution in [-0.2, 0) is 9.53 Å². The van der Waals surface area contributed by atoms with Crippen LogP contribution in [0.3, 0.4) is 0 Å². The number of hydrogen-bond acceptors (Lipinski definition) is 7. The highest BCUT2D eigenvalue weighted by molar-refractivity contribution is 5.85. The van der Waals surface area contributed by atoms with Crippen LogP contribution in [0.15, 0.2) is 54.7 Å². The average Bonchev–Trinajstić information content (AvgIpc) is 3.31. The number of aromatic amines is 1. The third-order valence-corrected chi connectivity index (χ3v) is 5.59. The molecule has 4 rings (SSSR count). The Hall–Kier alpha value is -3.23. The van der Waals surface area contributed by atoms with Crippen molar-refractivity contribution in [1.82, 2.24) is 10.3 Å². The summed E-state index contributed by atoms with van der Waals surface area (Å²) in [5.74, 6) is 1.37. The van der Waals surface area contributed by atoms with Crippen LogP contribution in [0.4, 0.5) is 0 Å². The van der Waals surface area contributed by atoms with Crippen LogP contribution >= 0.6 is 0 Å². The monoisotopic (exact) mass is 454 g/mol. The van der Waals surface area contributed by atoms with Crippen molar-refractivity contribution < 1.29 is 28.8 Å². The topological polar surface area (TPSA) is 102 Å². The molecular weight excluding hydrogens is 424 g/mol. The second kappa shape index (κ2) is 10.1. The molecule has 0 amide bonds. The van der Waals surface area contributed by atoms with E-state index in [9.17, 15) is 9.90 Å². The molecule has 0 saturated carbocycles. The first-order valence-electron chi connectivity index (χ1n) is 11.2. The van der Waals surface area contributed by atoms with Crippen LogP contribution in [0.5, 0.6) is 17.2 Å². The maximum atomic E-state index is 12.8. The molecule has 3 aromatic rings. The van der Waals surface area contributed by atoms with Gasteiger partial charge in [0.1, 0.15) is 25.1 Å². The molecule has 0 saturated heterocycles. The number of nitrogens with one attached hydrogen (secondary N) is 2. The third kappa shape index (κ3) is 5.23. The summed E-state index contributed by atoms with van der Waals surface area (Å²) in [7, 11) is 0. The molecule has 1 aliphatic rings. The van der Waals surface area contributed by atoms with Gasteiger partial charge in [0.2, 0.25) is 5.60 Å². The van der Waals surface area contributed by atoms with E-state index in [2.05, 4.69) is 10.3 Å². The molecule has 0 bridgehead atoms. The SMILES string of the molecule is CCOC(=O)[C@@]1(C[C@@H](C)NC[C@H](O)COc2cccc3[nH]ccc23)COc2ccccc2O1. The standard InChI is InChI=1S/C25H30N2O6/c1-3-30-24(29)25(16-32-22-8-4-5-9-23(22)33-25)13-17(2)27-14-18(28)15-31-21-10-6-7-20-19(21)11-12-26-20/h4-12,17-18,26-28H,3,13-16H2,1-2H3/t17-,18+,25-/m1/s1. The fourth-order valence-corrected chi connectivity index (χ4v) is 3.97. The van der Waals surface area contributed by atoms with Gasteiger partial charge >= 0.3 is 5.97 Å². The molecule has 0 radical (unpaired) electrons. The summed E-state index contributed by atoms with van der Waals surface area (Å²) in [6.45, 7) is 4.42. The second-order valence-electron chi connectivity index (χ2n) is 8.23. The largest absolute Gasteiger partial charge is 0.490 e. The van der Waals surface area contributed by atoms with E-state index in [1.54, 1.807) is 19.1 Å². The lowest BCUT2D eigenvalue weighted by Crippen LogP contribution is -2.56. The summed E-state index contributed by atoms with van der Waals surface area (Å²) in [5.41, 5.74) is -0.281. The number of esters is 1. The zero-order chi connectivity index (χ0) is 23.3. The number of fused-ring (bicyclic) bond motifs is 2. The van der Waals surface area contributed by atoms with Crippen LogP contribution < -0.4 is 19.5 Å². The Morgan fingerprint density at radius 1 is 1.21 bits per heavy atom. The fraction of sp³-hybridized carbons (Fsp3) is 0.400. The Morgan fingerprint density at radius 2 is 2.03 bits per heavy atom. The molecule has 2 aromatic carbocycles. The number of para-hydroxylation sites is 2. The lowest BCUT2D eigenvalue weighted by atomic mass is 9.94. The van der Waals surface area contributed by atoms with Gasteiger partial charge in [-0.25, -0.2) is 4.79 Å². The van der Waals surface area contributed by atoms with E-state index < -0.39 is 17.7 Å². The van der Waals surface area contributed by atoms with E-state index in [4.69, 9.17) is 18.9 Å². The van der Waals surface area contributed by atoms with Gasteiger partial charge in [-0.1, -0.05) is 18.2 Å². The first kappa shape index (κ1) is 22.9. The van der Waals surface area contributed by atoms with Crippen molar-refractivity contribution in [2.45, 2.75) is 38.0 Å². The normalized spacial score (nSPS) is 19.1. The molecule has 176 valence electrons. The Kier molecular flexibility index (Phi) is 7.05. The quantitative estimate of drug-likeness (QED) is 0.405. The molecule has 1 aromatic heterocycles.